The molecule has 2 aromatic carbocycles. The van der Waals surface area contributed by atoms with Crippen molar-refractivity contribution < 1.29 is 9.32 Å². The lowest BCUT2D eigenvalue weighted by Gasteiger charge is -2.16. The number of amides is 1. The van der Waals surface area contributed by atoms with Gasteiger partial charge in [0.05, 0.1) is 6.54 Å². The van der Waals surface area contributed by atoms with E-state index in [0.29, 0.717) is 24.2 Å². The van der Waals surface area contributed by atoms with E-state index in [4.69, 9.17) is 4.52 Å². The first-order valence-electron chi connectivity index (χ1n) is 10.6. The highest BCUT2D eigenvalue weighted by Crippen LogP contribution is 2.22. The summed E-state index contributed by atoms with van der Waals surface area (Å²) in [5.74, 6) is 1.72. The summed E-state index contributed by atoms with van der Waals surface area (Å²) in [6.07, 6.45) is 2.19. The van der Waals surface area contributed by atoms with Gasteiger partial charge in [-0.2, -0.15) is 4.98 Å². The van der Waals surface area contributed by atoms with Gasteiger partial charge in [-0.1, -0.05) is 43.3 Å². The summed E-state index contributed by atoms with van der Waals surface area (Å²) in [6.45, 7) is 8.49. The van der Waals surface area contributed by atoms with Crippen LogP contribution in [0.15, 0.2) is 47.0 Å². The van der Waals surface area contributed by atoms with Gasteiger partial charge in [0.1, 0.15) is 0 Å². The largest absolute Gasteiger partial charge is 0.376 e. The Labute approximate surface area is 177 Å². The third kappa shape index (κ3) is 4.37. The molecule has 3 aromatic rings. The molecule has 1 aliphatic heterocycles. The van der Waals surface area contributed by atoms with Gasteiger partial charge in [-0.3, -0.25) is 4.79 Å². The molecule has 0 radical (unpaired) electrons. The Morgan fingerprint density at radius 1 is 1.13 bits per heavy atom. The number of aryl methyl sites for hydroxylation is 1. The number of likely N-dealkylation sites (tertiary alicyclic amines) is 1. The van der Waals surface area contributed by atoms with Crippen molar-refractivity contribution in [2.45, 2.75) is 46.1 Å². The highest BCUT2D eigenvalue weighted by molar-refractivity contribution is 5.95. The molecule has 0 spiro atoms. The number of nitrogens with one attached hydrogen (secondary N) is 1. The zero-order chi connectivity index (χ0) is 21.1. The molecular formula is C24H28N4O2. The van der Waals surface area contributed by atoms with Crippen LogP contribution in [0.2, 0.25) is 0 Å². The van der Waals surface area contributed by atoms with E-state index in [0.717, 1.165) is 48.3 Å². The molecule has 1 fully saturated rings. The number of anilines is 1. The second-order valence-corrected chi connectivity index (χ2v) is 8.17. The van der Waals surface area contributed by atoms with Gasteiger partial charge in [0.2, 0.25) is 11.7 Å². The van der Waals surface area contributed by atoms with Crippen LogP contribution in [0.4, 0.5) is 5.69 Å². The third-order valence-corrected chi connectivity index (χ3v) is 5.60. The molecule has 0 saturated carbocycles. The number of hydrogen-bond acceptors (Lipinski definition) is 5. The van der Waals surface area contributed by atoms with Crippen LogP contribution in [-0.2, 0) is 6.54 Å². The van der Waals surface area contributed by atoms with E-state index in [2.05, 4.69) is 41.4 Å². The van der Waals surface area contributed by atoms with Gasteiger partial charge in [-0.15, -0.1) is 0 Å². The molecule has 6 nitrogen and oxygen atoms in total. The van der Waals surface area contributed by atoms with E-state index in [1.165, 1.54) is 5.56 Å². The van der Waals surface area contributed by atoms with Crippen LogP contribution in [0.3, 0.4) is 0 Å². The van der Waals surface area contributed by atoms with Gasteiger partial charge in [-0.25, -0.2) is 0 Å². The van der Waals surface area contributed by atoms with Crippen molar-refractivity contribution in [2.75, 3.05) is 18.4 Å². The van der Waals surface area contributed by atoms with E-state index in [1.807, 2.05) is 42.2 Å². The van der Waals surface area contributed by atoms with Crippen molar-refractivity contribution >= 4 is 11.6 Å². The fourth-order valence-electron chi connectivity index (χ4n) is 3.73. The van der Waals surface area contributed by atoms with Crippen molar-refractivity contribution in [3.05, 3.63) is 65.0 Å². The predicted molar refractivity (Wildman–Crippen MR) is 117 cm³/mol. The lowest BCUT2D eigenvalue weighted by atomic mass is 10.0. The van der Waals surface area contributed by atoms with E-state index in [9.17, 15) is 4.79 Å². The lowest BCUT2D eigenvalue weighted by molar-refractivity contribution is 0.0792. The number of rotatable bonds is 6. The van der Waals surface area contributed by atoms with Crippen LogP contribution in [-0.4, -0.2) is 34.0 Å². The summed E-state index contributed by atoms with van der Waals surface area (Å²) in [6, 6.07) is 14.0. The fourth-order valence-corrected chi connectivity index (χ4v) is 3.73. The molecule has 2 heterocycles. The maximum Gasteiger partial charge on any atom is 0.253 e. The molecule has 1 N–H and O–H groups in total. The minimum atomic E-state index is 0.118. The van der Waals surface area contributed by atoms with Crippen molar-refractivity contribution in [3.8, 4) is 11.4 Å². The molecular weight excluding hydrogens is 376 g/mol. The van der Waals surface area contributed by atoms with Crippen molar-refractivity contribution in [3.63, 3.8) is 0 Å². The SMILES string of the molecule is Cc1cc(C(=O)N2CCCC2)ccc1NCc1nc(-c2ccc(C(C)C)cc2)no1. The van der Waals surface area contributed by atoms with Gasteiger partial charge in [0.25, 0.3) is 5.91 Å². The van der Waals surface area contributed by atoms with Crippen LogP contribution in [0.25, 0.3) is 11.4 Å². The number of benzene rings is 2. The van der Waals surface area contributed by atoms with E-state index in [1.54, 1.807) is 0 Å². The molecule has 1 aromatic heterocycles. The topological polar surface area (TPSA) is 71.3 Å². The standard InChI is InChI=1S/C24H28N4O2/c1-16(2)18-6-8-19(9-7-18)23-26-22(30-27-23)15-25-21-11-10-20(14-17(21)3)24(29)28-12-4-5-13-28/h6-11,14,16,25H,4-5,12-13,15H2,1-3H3. The second kappa shape index (κ2) is 8.69. The van der Waals surface area contributed by atoms with Crippen molar-refractivity contribution in [1.29, 1.82) is 0 Å². The highest BCUT2D eigenvalue weighted by Gasteiger charge is 2.20. The predicted octanol–water partition coefficient (Wildman–Crippen LogP) is 5.02. The average molecular weight is 405 g/mol. The number of nitrogens with zero attached hydrogens (tertiary/aromatic N) is 3. The third-order valence-electron chi connectivity index (χ3n) is 5.60. The molecule has 6 heteroatoms. The van der Waals surface area contributed by atoms with Gasteiger partial charge < -0.3 is 14.7 Å². The molecule has 30 heavy (non-hydrogen) atoms. The van der Waals surface area contributed by atoms with Crippen LogP contribution >= 0.6 is 0 Å². The molecule has 4 rings (SSSR count). The first kappa shape index (κ1) is 20.1. The van der Waals surface area contributed by atoms with Gasteiger partial charge in [-0.05, 0) is 55.0 Å². The number of aromatic nitrogens is 2. The number of hydrogen-bond donors (Lipinski definition) is 1. The summed E-state index contributed by atoms with van der Waals surface area (Å²) >= 11 is 0. The summed E-state index contributed by atoms with van der Waals surface area (Å²) < 4.78 is 5.40. The first-order valence-corrected chi connectivity index (χ1v) is 10.6. The Bertz CT molecular complexity index is 1020. The van der Waals surface area contributed by atoms with Gasteiger partial charge in [0.15, 0.2) is 0 Å². The Hall–Kier alpha value is -3.15. The molecule has 0 unspecified atom stereocenters. The normalized spacial score (nSPS) is 13.8. The molecule has 0 atom stereocenters. The Morgan fingerprint density at radius 3 is 2.53 bits per heavy atom. The maximum atomic E-state index is 12.6. The first-order chi connectivity index (χ1) is 14.5. The Balaban J connectivity index is 1.39. The van der Waals surface area contributed by atoms with Crippen LogP contribution in [0, 0.1) is 6.92 Å². The number of carbonyl (C=O) groups excluding carboxylic acids is 1. The molecule has 1 saturated heterocycles. The molecule has 0 aliphatic carbocycles. The molecule has 0 bridgehead atoms. The van der Waals surface area contributed by atoms with E-state index >= 15 is 0 Å². The molecule has 1 aliphatic rings. The second-order valence-electron chi connectivity index (χ2n) is 8.17. The van der Waals surface area contributed by atoms with Gasteiger partial charge in [0, 0.05) is 29.9 Å². The summed E-state index contributed by atoms with van der Waals surface area (Å²) in [5.41, 5.74) is 4.93. The summed E-state index contributed by atoms with van der Waals surface area (Å²) in [7, 11) is 0. The van der Waals surface area contributed by atoms with Crippen LogP contribution in [0.1, 0.15) is 60.0 Å². The number of carbonyl (C=O) groups is 1. The minimum absolute atomic E-state index is 0.118. The minimum Gasteiger partial charge on any atom is -0.376 e. The monoisotopic (exact) mass is 404 g/mol. The molecule has 1 amide bonds. The molecule has 156 valence electrons. The zero-order valence-electron chi connectivity index (χ0n) is 17.8. The van der Waals surface area contributed by atoms with Crippen LogP contribution in [0.5, 0.6) is 0 Å². The highest BCUT2D eigenvalue weighted by atomic mass is 16.5. The van der Waals surface area contributed by atoms with E-state index in [-0.39, 0.29) is 5.91 Å². The van der Waals surface area contributed by atoms with Crippen molar-refractivity contribution in [1.82, 2.24) is 15.0 Å². The quantitative estimate of drug-likeness (QED) is 0.625. The fraction of sp³-hybridized carbons (Fsp3) is 0.375. The van der Waals surface area contributed by atoms with Gasteiger partial charge >= 0.3 is 0 Å². The zero-order valence-corrected chi connectivity index (χ0v) is 17.8. The summed E-state index contributed by atoms with van der Waals surface area (Å²) in [5, 5.41) is 7.43. The average Bonchev–Trinajstić information content (AvgIpc) is 3.45. The van der Waals surface area contributed by atoms with E-state index < -0.39 is 0 Å². The van der Waals surface area contributed by atoms with Crippen LogP contribution < -0.4 is 5.32 Å². The maximum absolute atomic E-state index is 12.6. The lowest BCUT2D eigenvalue weighted by Crippen LogP contribution is -2.27. The Morgan fingerprint density at radius 2 is 1.87 bits per heavy atom. The van der Waals surface area contributed by atoms with Crippen molar-refractivity contribution in [2.24, 2.45) is 0 Å². The Kier molecular flexibility index (Phi) is 5.84. The summed E-state index contributed by atoms with van der Waals surface area (Å²) in [4.78, 5) is 19.0. The smallest absolute Gasteiger partial charge is 0.253 e.